The molecule has 0 spiro atoms. The van der Waals surface area contributed by atoms with Crippen molar-refractivity contribution in [2.24, 2.45) is 0 Å². The van der Waals surface area contributed by atoms with E-state index in [0.717, 1.165) is 29.7 Å². The van der Waals surface area contributed by atoms with Gasteiger partial charge in [-0.3, -0.25) is 0 Å². The monoisotopic (exact) mass is 368 g/mol. The fraction of sp³-hybridized carbons (Fsp3) is 0.167. The Balaban J connectivity index is 1.50. The van der Waals surface area contributed by atoms with Crippen LogP contribution in [0.1, 0.15) is 16.7 Å². The normalized spacial score (nSPS) is 10.8. The molecule has 4 heteroatoms. The Kier molecular flexibility index (Phi) is 5.48. The topological polar surface area (TPSA) is 49.8 Å². The molecule has 0 aliphatic rings. The number of nitrogens with zero attached hydrogens (tertiary/aromatic N) is 2. The number of rotatable bonds is 7. The third-order valence-electron chi connectivity index (χ3n) is 4.72. The van der Waals surface area contributed by atoms with E-state index < -0.39 is 0 Å². The van der Waals surface area contributed by atoms with Crippen LogP contribution in [-0.2, 0) is 13.0 Å². The molecule has 4 nitrogen and oxygen atoms in total. The quantitative estimate of drug-likeness (QED) is 0.470. The second-order valence-electron chi connectivity index (χ2n) is 6.91. The van der Waals surface area contributed by atoms with E-state index in [0.29, 0.717) is 12.5 Å². The van der Waals surface area contributed by atoms with Gasteiger partial charge in [0.1, 0.15) is 5.82 Å². The maximum absolute atomic E-state index is 4.73. The lowest BCUT2D eigenvalue weighted by molar-refractivity contribution is 1.000. The zero-order valence-electron chi connectivity index (χ0n) is 16.0. The van der Waals surface area contributed by atoms with Crippen molar-refractivity contribution in [1.82, 2.24) is 9.97 Å². The summed E-state index contributed by atoms with van der Waals surface area (Å²) in [6.45, 7) is 3.61. The Hall–Kier alpha value is -3.40. The van der Waals surface area contributed by atoms with Crippen molar-refractivity contribution < 1.29 is 0 Å². The van der Waals surface area contributed by atoms with Crippen LogP contribution < -0.4 is 10.6 Å². The maximum Gasteiger partial charge on any atom is 0.225 e. The summed E-state index contributed by atoms with van der Waals surface area (Å²) < 4.78 is 0. The third-order valence-corrected chi connectivity index (χ3v) is 4.72. The predicted octanol–water partition coefficient (Wildman–Crippen LogP) is 5.20. The minimum atomic E-state index is 0.640. The first-order valence-electron chi connectivity index (χ1n) is 9.62. The third kappa shape index (κ3) is 4.46. The number of benzene rings is 3. The number of nitrogens with one attached hydrogen (secondary N) is 2. The van der Waals surface area contributed by atoms with Crippen molar-refractivity contribution in [3.63, 3.8) is 0 Å². The average Bonchev–Trinajstić information content (AvgIpc) is 2.74. The van der Waals surface area contributed by atoms with Gasteiger partial charge in [0.05, 0.1) is 5.52 Å². The van der Waals surface area contributed by atoms with Gasteiger partial charge in [-0.05, 0) is 36.6 Å². The number of fused-ring (bicyclic) bond motifs is 1. The van der Waals surface area contributed by atoms with Gasteiger partial charge >= 0.3 is 0 Å². The Labute approximate surface area is 165 Å². The molecule has 28 heavy (non-hydrogen) atoms. The lowest BCUT2D eigenvalue weighted by Crippen LogP contribution is -2.10. The highest BCUT2D eigenvalue weighted by Gasteiger charge is 2.07. The number of aryl methyl sites for hydroxylation is 1. The van der Waals surface area contributed by atoms with Crippen molar-refractivity contribution in [3.8, 4) is 0 Å². The Morgan fingerprint density at radius 1 is 0.714 bits per heavy atom. The SMILES string of the molecule is Cc1ccc(CNc2nc(NCCc3ccccc3)c3ccccc3n2)cc1. The van der Waals surface area contributed by atoms with Gasteiger partial charge in [-0.15, -0.1) is 0 Å². The van der Waals surface area contributed by atoms with Crippen LogP contribution in [0.5, 0.6) is 0 Å². The highest BCUT2D eigenvalue weighted by Crippen LogP contribution is 2.22. The van der Waals surface area contributed by atoms with Crippen LogP contribution in [0, 0.1) is 6.92 Å². The lowest BCUT2D eigenvalue weighted by Gasteiger charge is -2.12. The van der Waals surface area contributed by atoms with Crippen LogP contribution in [0.25, 0.3) is 10.9 Å². The van der Waals surface area contributed by atoms with E-state index in [1.807, 2.05) is 24.3 Å². The summed E-state index contributed by atoms with van der Waals surface area (Å²) in [6.07, 6.45) is 0.950. The molecule has 0 amide bonds. The van der Waals surface area contributed by atoms with Gasteiger partial charge in [-0.2, -0.15) is 4.98 Å². The summed E-state index contributed by atoms with van der Waals surface area (Å²) >= 11 is 0. The smallest absolute Gasteiger partial charge is 0.225 e. The van der Waals surface area contributed by atoms with Crippen molar-refractivity contribution in [2.75, 3.05) is 17.2 Å². The molecular weight excluding hydrogens is 344 g/mol. The van der Waals surface area contributed by atoms with E-state index in [2.05, 4.69) is 77.1 Å². The first-order chi connectivity index (χ1) is 13.8. The first kappa shape index (κ1) is 18.0. The predicted molar refractivity (Wildman–Crippen MR) is 117 cm³/mol. The van der Waals surface area contributed by atoms with Crippen molar-refractivity contribution in [1.29, 1.82) is 0 Å². The zero-order chi connectivity index (χ0) is 19.2. The molecule has 1 heterocycles. The maximum atomic E-state index is 4.73. The van der Waals surface area contributed by atoms with E-state index in [4.69, 9.17) is 4.98 Å². The standard InChI is InChI=1S/C24H24N4/c1-18-11-13-20(14-12-18)17-26-24-27-22-10-6-5-9-21(22)23(28-24)25-16-15-19-7-3-2-4-8-19/h2-14H,15-17H2,1H3,(H2,25,26,27,28). The van der Waals surface area contributed by atoms with Crippen LogP contribution in [0.15, 0.2) is 78.9 Å². The summed E-state index contributed by atoms with van der Waals surface area (Å²) in [5.74, 6) is 1.51. The Bertz CT molecular complexity index is 1040. The van der Waals surface area contributed by atoms with E-state index in [1.165, 1.54) is 16.7 Å². The Morgan fingerprint density at radius 3 is 2.29 bits per heavy atom. The van der Waals surface area contributed by atoms with Gasteiger partial charge in [0.2, 0.25) is 5.95 Å². The van der Waals surface area contributed by atoms with Gasteiger partial charge < -0.3 is 10.6 Å². The summed E-state index contributed by atoms with van der Waals surface area (Å²) in [5.41, 5.74) is 4.72. The van der Waals surface area contributed by atoms with Crippen LogP contribution in [0.3, 0.4) is 0 Å². The molecule has 0 aliphatic carbocycles. The fourth-order valence-electron chi connectivity index (χ4n) is 3.15. The molecule has 0 atom stereocenters. The van der Waals surface area contributed by atoms with Crippen molar-refractivity contribution in [2.45, 2.75) is 19.9 Å². The molecule has 4 aromatic rings. The minimum Gasteiger partial charge on any atom is -0.369 e. The second-order valence-corrected chi connectivity index (χ2v) is 6.91. The summed E-state index contributed by atoms with van der Waals surface area (Å²) in [4.78, 5) is 9.40. The van der Waals surface area contributed by atoms with Gasteiger partial charge in [-0.1, -0.05) is 72.3 Å². The van der Waals surface area contributed by atoms with Crippen molar-refractivity contribution in [3.05, 3.63) is 95.6 Å². The molecule has 4 rings (SSSR count). The van der Waals surface area contributed by atoms with Gasteiger partial charge in [-0.25, -0.2) is 4.98 Å². The highest BCUT2D eigenvalue weighted by atomic mass is 15.1. The molecule has 0 bridgehead atoms. The molecule has 3 aromatic carbocycles. The minimum absolute atomic E-state index is 0.640. The molecule has 0 aliphatic heterocycles. The molecule has 1 aromatic heterocycles. The van der Waals surface area contributed by atoms with E-state index in [1.54, 1.807) is 0 Å². The molecule has 0 radical (unpaired) electrons. The van der Waals surface area contributed by atoms with Crippen LogP contribution in [0.2, 0.25) is 0 Å². The first-order valence-corrected chi connectivity index (χ1v) is 9.62. The molecule has 140 valence electrons. The molecular formula is C24H24N4. The average molecular weight is 368 g/mol. The number of hydrogen-bond donors (Lipinski definition) is 2. The molecule has 0 unspecified atom stereocenters. The lowest BCUT2D eigenvalue weighted by atomic mass is 10.1. The summed E-state index contributed by atoms with van der Waals surface area (Å²) in [6, 6.07) is 27.1. The van der Waals surface area contributed by atoms with E-state index in [-0.39, 0.29) is 0 Å². The van der Waals surface area contributed by atoms with Gasteiger partial charge in [0.15, 0.2) is 0 Å². The Morgan fingerprint density at radius 2 is 1.46 bits per heavy atom. The fourth-order valence-corrected chi connectivity index (χ4v) is 3.15. The van der Waals surface area contributed by atoms with Crippen LogP contribution in [0.4, 0.5) is 11.8 Å². The largest absolute Gasteiger partial charge is 0.369 e. The van der Waals surface area contributed by atoms with Crippen LogP contribution >= 0.6 is 0 Å². The number of aromatic nitrogens is 2. The molecule has 0 saturated heterocycles. The highest BCUT2D eigenvalue weighted by molar-refractivity contribution is 5.90. The summed E-state index contributed by atoms with van der Waals surface area (Å²) in [5, 5.41) is 7.89. The van der Waals surface area contributed by atoms with E-state index >= 15 is 0 Å². The van der Waals surface area contributed by atoms with Gasteiger partial charge in [0.25, 0.3) is 0 Å². The molecule has 0 saturated carbocycles. The second kappa shape index (κ2) is 8.53. The molecule has 2 N–H and O–H groups in total. The van der Waals surface area contributed by atoms with Crippen molar-refractivity contribution >= 4 is 22.7 Å². The van der Waals surface area contributed by atoms with Gasteiger partial charge in [0, 0.05) is 18.5 Å². The number of hydrogen-bond acceptors (Lipinski definition) is 4. The summed E-state index contributed by atoms with van der Waals surface area (Å²) in [7, 11) is 0. The van der Waals surface area contributed by atoms with Crippen LogP contribution in [-0.4, -0.2) is 16.5 Å². The number of para-hydroxylation sites is 1. The number of anilines is 2. The van der Waals surface area contributed by atoms with E-state index in [9.17, 15) is 0 Å². The zero-order valence-corrected chi connectivity index (χ0v) is 16.0. The molecule has 0 fully saturated rings.